The number of nitrogens with one attached hydrogen (secondary N) is 1. The third-order valence-corrected chi connectivity index (χ3v) is 6.50. The maximum absolute atomic E-state index is 3.91. The largest absolute Gasteiger partial charge is 0.309 e. The quantitative estimate of drug-likeness (QED) is 0.888. The molecule has 2 bridgehead atoms. The summed E-state index contributed by atoms with van der Waals surface area (Å²) in [6.45, 7) is 3.28. The van der Waals surface area contributed by atoms with Gasteiger partial charge in [0.25, 0.3) is 0 Å². The Morgan fingerprint density at radius 3 is 2.29 bits per heavy atom. The van der Waals surface area contributed by atoms with E-state index in [1.807, 2.05) is 11.3 Å². The van der Waals surface area contributed by atoms with Crippen molar-refractivity contribution in [2.75, 3.05) is 0 Å². The van der Waals surface area contributed by atoms with Gasteiger partial charge in [-0.05, 0) is 72.6 Å². The molecule has 2 aliphatic rings. The van der Waals surface area contributed by atoms with E-state index in [1.54, 1.807) is 11.1 Å². The van der Waals surface area contributed by atoms with E-state index in [0.717, 1.165) is 18.4 Å². The summed E-state index contributed by atoms with van der Waals surface area (Å²) in [5, 5.41) is 6.12. The van der Waals surface area contributed by atoms with Gasteiger partial charge in [0.05, 0.1) is 0 Å². The average molecular weight is 297 g/mol. The maximum atomic E-state index is 3.91. The van der Waals surface area contributed by atoms with Crippen LogP contribution in [-0.2, 0) is 19.4 Å². The molecule has 1 nitrogen and oxygen atoms in total. The van der Waals surface area contributed by atoms with Gasteiger partial charge in [0.2, 0.25) is 0 Å². The summed E-state index contributed by atoms with van der Waals surface area (Å²) in [6.07, 6.45) is 5.35. The van der Waals surface area contributed by atoms with Crippen molar-refractivity contribution in [3.63, 3.8) is 0 Å². The van der Waals surface area contributed by atoms with Crippen LogP contribution in [0.3, 0.4) is 0 Å². The van der Waals surface area contributed by atoms with Crippen LogP contribution in [0.25, 0.3) is 0 Å². The zero-order valence-corrected chi connectivity index (χ0v) is 13.5. The molecule has 1 N–H and O–H groups in total. The van der Waals surface area contributed by atoms with Crippen molar-refractivity contribution in [1.82, 2.24) is 5.32 Å². The van der Waals surface area contributed by atoms with E-state index in [1.165, 1.54) is 36.1 Å². The molecule has 1 aromatic carbocycles. The Morgan fingerprint density at radius 1 is 1.05 bits per heavy atom. The topological polar surface area (TPSA) is 12.0 Å². The minimum atomic E-state index is 0.707. The number of fused-ring (bicyclic) bond motifs is 3. The van der Waals surface area contributed by atoms with E-state index in [4.69, 9.17) is 0 Å². The normalized spacial score (nSPS) is 27.4. The highest BCUT2D eigenvalue weighted by molar-refractivity contribution is 7.10. The van der Waals surface area contributed by atoms with Crippen molar-refractivity contribution in [3.05, 3.63) is 57.3 Å². The smallest absolute Gasteiger partial charge is 0.0305 e. The molecule has 4 rings (SSSR count). The second kappa shape index (κ2) is 5.58. The SMILES string of the molecule is Cc1ccsc1CNC1C2CCC1Cc1ccccc1C2. The molecule has 0 radical (unpaired) electrons. The number of thiophene rings is 1. The zero-order chi connectivity index (χ0) is 14.2. The van der Waals surface area contributed by atoms with Gasteiger partial charge < -0.3 is 5.32 Å². The number of hydrogen-bond acceptors (Lipinski definition) is 2. The molecule has 21 heavy (non-hydrogen) atoms. The second-order valence-electron chi connectivity index (χ2n) is 6.71. The first-order valence-corrected chi connectivity index (χ1v) is 9.02. The lowest BCUT2D eigenvalue weighted by Gasteiger charge is -2.23. The summed E-state index contributed by atoms with van der Waals surface area (Å²) in [4.78, 5) is 1.51. The molecule has 2 aromatic rings. The van der Waals surface area contributed by atoms with E-state index in [-0.39, 0.29) is 0 Å². The Hall–Kier alpha value is -1.12. The molecule has 1 heterocycles. The van der Waals surface area contributed by atoms with Crippen molar-refractivity contribution in [2.24, 2.45) is 11.8 Å². The molecule has 2 aliphatic carbocycles. The molecular weight excluding hydrogens is 274 g/mol. The molecule has 0 spiro atoms. The fourth-order valence-electron chi connectivity index (χ4n) is 4.28. The number of aryl methyl sites for hydroxylation is 1. The van der Waals surface area contributed by atoms with Gasteiger partial charge in [0, 0.05) is 17.5 Å². The molecule has 1 aromatic heterocycles. The summed E-state index contributed by atoms with van der Waals surface area (Å²) in [6, 6.07) is 12.0. The first-order valence-electron chi connectivity index (χ1n) is 8.14. The van der Waals surface area contributed by atoms with Gasteiger partial charge >= 0.3 is 0 Å². The minimum absolute atomic E-state index is 0.707. The summed E-state index contributed by atoms with van der Waals surface area (Å²) in [7, 11) is 0. The molecule has 1 saturated carbocycles. The molecule has 2 atom stereocenters. The van der Waals surface area contributed by atoms with Gasteiger partial charge in [-0.15, -0.1) is 11.3 Å². The lowest BCUT2D eigenvalue weighted by molar-refractivity contribution is 0.341. The van der Waals surface area contributed by atoms with Gasteiger partial charge in [0.15, 0.2) is 0 Å². The van der Waals surface area contributed by atoms with E-state index in [2.05, 4.69) is 48.0 Å². The van der Waals surface area contributed by atoms with E-state index >= 15 is 0 Å². The third kappa shape index (κ3) is 2.56. The number of benzene rings is 1. The summed E-state index contributed by atoms with van der Waals surface area (Å²) >= 11 is 1.89. The molecule has 1 fully saturated rings. The van der Waals surface area contributed by atoms with Crippen molar-refractivity contribution in [1.29, 1.82) is 0 Å². The Bertz CT molecular complexity index is 597. The predicted molar refractivity (Wildman–Crippen MR) is 89.7 cm³/mol. The van der Waals surface area contributed by atoms with Crippen molar-refractivity contribution >= 4 is 11.3 Å². The van der Waals surface area contributed by atoms with Gasteiger partial charge in [0.1, 0.15) is 0 Å². The van der Waals surface area contributed by atoms with Gasteiger partial charge in [-0.25, -0.2) is 0 Å². The summed E-state index contributed by atoms with van der Waals surface area (Å²) in [5.41, 5.74) is 4.64. The molecule has 2 unspecified atom stereocenters. The highest BCUT2D eigenvalue weighted by atomic mass is 32.1. The van der Waals surface area contributed by atoms with Crippen LogP contribution in [0.1, 0.15) is 34.4 Å². The fourth-order valence-corrected chi connectivity index (χ4v) is 5.14. The Labute approximate surface area is 131 Å². The fraction of sp³-hybridized carbons (Fsp3) is 0.474. The monoisotopic (exact) mass is 297 g/mol. The van der Waals surface area contributed by atoms with Crippen LogP contribution in [0.4, 0.5) is 0 Å². The maximum Gasteiger partial charge on any atom is 0.0305 e. The Morgan fingerprint density at radius 2 is 1.71 bits per heavy atom. The highest BCUT2D eigenvalue weighted by Gasteiger charge is 2.38. The van der Waals surface area contributed by atoms with E-state index < -0.39 is 0 Å². The molecular formula is C19H23NS. The third-order valence-electron chi connectivity index (χ3n) is 5.47. The predicted octanol–water partition coefficient (Wildman–Crippen LogP) is 4.34. The van der Waals surface area contributed by atoms with Crippen molar-refractivity contribution in [3.8, 4) is 0 Å². The van der Waals surface area contributed by atoms with Crippen molar-refractivity contribution < 1.29 is 0 Å². The van der Waals surface area contributed by atoms with Crippen LogP contribution >= 0.6 is 11.3 Å². The van der Waals surface area contributed by atoms with Crippen LogP contribution in [0.2, 0.25) is 0 Å². The first kappa shape index (κ1) is 13.5. The minimum Gasteiger partial charge on any atom is -0.309 e. The van der Waals surface area contributed by atoms with Gasteiger partial charge in [-0.1, -0.05) is 24.3 Å². The zero-order valence-electron chi connectivity index (χ0n) is 12.6. The summed E-state index contributed by atoms with van der Waals surface area (Å²) < 4.78 is 0. The van der Waals surface area contributed by atoms with E-state index in [0.29, 0.717) is 6.04 Å². The van der Waals surface area contributed by atoms with Crippen LogP contribution in [0.5, 0.6) is 0 Å². The van der Waals surface area contributed by atoms with Crippen LogP contribution in [0, 0.1) is 18.8 Å². The Balaban J connectivity index is 1.51. The molecule has 0 saturated heterocycles. The van der Waals surface area contributed by atoms with Gasteiger partial charge in [-0.3, -0.25) is 0 Å². The standard InChI is InChI=1S/C19H23NS/c1-13-8-9-21-18(13)12-20-19-16-6-7-17(19)11-15-5-3-2-4-14(15)10-16/h2-5,8-9,16-17,19-20H,6-7,10-12H2,1H3. The van der Waals surface area contributed by atoms with Gasteiger partial charge in [-0.2, -0.15) is 0 Å². The first-order chi connectivity index (χ1) is 10.3. The second-order valence-corrected chi connectivity index (χ2v) is 7.71. The van der Waals surface area contributed by atoms with Crippen LogP contribution in [0.15, 0.2) is 35.7 Å². The molecule has 0 amide bonds. The highest BCUT2D eigenvalue weighted by Crippen LogP contribution is 2.40. The van der Waals surface area contributed by atoms with Crippen LogP contribution in [-0.4, -0.2) is 6.04 Å². The number of rotatable bonds is 3. The molecule has 0 aliphatic heterocycles. The average Bonchev–Trinajstić information content (AvgIpc) is 2.99. The Kier molecular flexibility index (Phi) is 3.60. The van der Waals surface area contributed by atoms with E-state index in [9.17, 15) is 0 Å². The number of hydrogen-bond donors (Lipinski definition) is 1. The summed E-state index contributed by atoms with van der Waals surface area (Å²) in [5.74, 6) is 1.66. The molecule has 2 heteroatoms. The molecule has 110 valence electrons. The lowest BCUT2D eigenvalue weighted by Crippen LogP contribution is -2.37. The lowest BCUT2D eigenvalue weighted by atomic mass is 9.94. The van der Waals surface area contributed by atoms with Crippen molar-refractivity contribution in [2.45, 2.75) is 45.2 Å². The van der Waals surface area contributed by atoms with Crippen LogP contribution < -0.4 is 5.32 Å².